The van der Waals surface area contributed by atoms with E-state index in [-0.39, 0.29) is 11.6 Å². The van der Waals surface area contributed by atoms with E-state index >= 15 is 0 Å². The SMILES string of the molecule is CC(C)NC1CCC2(CC1)CCN2C(=O)OC(C)(C)C. The van der Waals surface area contributed by atoms with Crippen LogP contribution in [-0.4, -0.2) is 40.8 Å². The highest BCUT2D eigenvalue weighted by Crippen LogP contribution is 2.43. The highest BCUT2D eigenvalue weighted by molar-refractivity contribution is 5.70. The second-order valence-electron chi connectivity index (χ2n) is 7.70. The van der Waals surface area contributed by atoms with Crippen molar-refractivity contribution in [2.45, 2.75) is 89.9 Å². The Bertz CT molecular complexity index is 352. The summed E-state index contributed by atoms with van der Waals surface area (Å²) in [6.07, 6.45) is 5.56. The molecular formula is C16H30N2O2. The Morgan fingerprint density at radius 2 is 1.85 bits per heavy atom. The number of nitrogens with zero attached hydrogens (tertiary/aromatic N) is 1. The Morgan fingerprint density at radius 3 is 2.25 bits per heavy atom. The number of amides is 1. The molecule has 20 heavy (non-hydrogen) atoms. The highest BCUT2D eigenvalue weighted by Gasteiger charge is 2.50. The fourth-order valence-corrected chi connectivity index (χ4v) is 3.45. The number of hydrogen-bond donors (Lipinski definition) is 1. The molecule has 2 rings (SSSR count). The van der Waals surface area contributed by atoms with Crippen LogP contribution in [0.2, 0.25) is 0 Å². The van der Waals surface area contributed by atoms with Crippen molar-refractivity contribution >= 4 is 6.09 Å². The van der Waals surface area contributed by atoms with Crippen molar-refractivity contribution in [3.05, 3.63) is 0 Å². The Balaban J connectivity index is 1.89. The van der Waals surface area contributed by atoms with Gasteiger partial charge in [0.05, 0.1) is 0 Å². The smallest absolute Gasteiger partial charge is 0.410 e. The molecule has 116 valence electrons. The van der Waals surface area contributed by atoms with Gasteiger partial charge in [0.2, 0.25) is 0 Å². The Kier molecular flexibility index (Phi) is 4.33. The van der Waals surface area contributed by atoms with E-state index in [0.29, 0.717) is 12.1 Å². The molecule has 0 aromatic rings. The highest BCUT2D eigenvalue weighted by atomic mass is 16.6. The maximum absolute atomic E-state index is 12.3. The Hall–Kier alpha value is -0.770. The first-order valence-corrected chi connectivity index (χ1v) is 7.99. The molecule has 2 fully saturated rings. The van der Waals surface area contributed by atoms with Gasteiger partial charge in [-0.3, -0.25) is 0 Å². The van der Waals surface area contributed by atoms with Crippen molar-refractivity contribution in [2.75, 3.05) is 6.54 Å². The summed E-state index contributed by atoms with van der Waals surface area (Å²) in [7, 11) is 0. The molecule has 0 radical (unpaired) electrons. The molecule has 1 saturated carbocycles. The van der Waals surface area contributed by atoms with Crippen LogP contribution in [0.4, 0.5) is 4.79 Å². The van der Waals surface area contributed by atoms with Crippen molar-refractivity contribution in [1.82, 2.24) is 10.2 Å². The van der Waals surface area contributed by atoms with Gasteiger partial charge in [-0.25, -0.2) is 4.79 Å². The van der Waals surface area contributed by atoms with E-state index in [0.717, 1.165) is 38.6 Å². The number of likely N-dealkylation sites (tertiary alicyclic amines) is 1. The minimum Gasteiger partial charge on any atom is -0.444 e. The Morgan fingerprint density at radius 1 is 1.25 bits per heavy atom. The van der Waals surface area contributed by atoms with E-state index < -0.39 is 5.60 Å². The fourth-order valence-electron chi connectivity index (χ4n) is 3.45. The van der Waals surface area contributed by atoms with E-state index in [1.807, 2.05) is 25.7 Å². The van der Waals surface area contributed by atoms with Crippen LogP contribution >= 0.6 is 0 Å². The zero-order chi connectivity index (χ0) is 15.0. The van der Waals surface area contributed by atoms with Crippen LogP contribution in [-0.2, 0) is 4.74 Å². The second kappa shape index (κ2) is 5.55. The summed E-state index contributed by atoms with van der Waals surface area (Å²) < 4.78 is 5.53. The quantitative estimate of drug-likeness (QED) is 0.845. The molecule has 4 heteroatoms. The molecular weight excluding hydrogens is 252 g/mol. The summed E-state index contributed by atoms with van der Waals surface area (Å²) >= 11 is 0. The molecule has 0 aromatic carbocycles. The molecule has 1 aliphatic heterocycles. The van der Waals surface area contributed by atoms with Crippen molar-refractivity contribution in [2.24, 2.45) is 0 Å². The molecule has 4 nitrogen and oxygen atoms in total. The molecule has 1 spiro atoms. The van der Waals surface area contributed by atoms with Crippen molar-refractivity contribution in [1.29, 1.82) is 0 Å². The van der Waals surface area contributed by atoms with Gasteiger partial charge < -0.3 is 15.0 Å². The number of hydrogen-bond acceptors (Lipinski definition) is 3. The summed E-state index contributed by atoms with van der Waals surface area (Å²) in [5.74, 6) is 0. The van der Waals surface area contributed by atoms with Gasteiger partial charge in [-0.2, -0.15) is 0 Å². The van der Waals surface area contributed by atoms with Gasteiger partial charge in [-0.1, -0.05) is 13.8 Å². The van der Waals surface area contributed by atoms with E-state index in [4.69, 9.17) is 4.74 Å². The number of rotatable bonds is 2. The van der Waals surface area contributed by atoms with E-state index in [1.165, 1.54) is 0 Å². The molecule has 2 aliphatic rings. The summed E-state index contributed by atoms with van der Waals surface area (Å²) in [6, 6.07) is 1.15. The van der Waals surface area contributed by atoms with Gasteiger partial charge in [0.15, 0.2) is 0 Å². The third-order valence-electron chi connectivity index (χ3n) is 4.47. The average Bonchev–Trinajstić information content (AvgIpc) is 2.25. The minimum absolute atomic E-state index is 0.0947. The first-order chi connectivity index (χ1) is 9.22. The van der Waals surface area contributed by atoms with Crippen LogP contribution in [0.1, 0.15) is 66.7 Å². The monoisotopic (exact) mass is 282 g/mol. The van der Waals surface area contributed by atoms with Crippen LogP contribution in [0.15, 0.2) is 0 Å². The number of nitrogens with one attached hydrogen (secondary N) is 1. The third kappa shape index (κ3) is 3.46. The van der Waals surface area contributed by atoms with Gasteiger partial charge in [-0.15, -0.1) is 0 Å². The first kappa shape index (κ1) is 15.6. The van der Waals surface area contributed by atoms with Crippen LogP contribution in [0, 0.1) is 0 Å². The first-order valence-electron chi connectivity index (χ1n) is 7.99. The van der Waals surface area contributed by atoms with E-state index in [1.54, 1.807) is 0 Å². The lowest BCUT2D eigenvalue weighted by atomic mass is 9.71. The summed E-state index contributed by atoms with van der Waals surface area (Å²) in [4.78, 5) is 14.2. The largest absolute Gasteiger partial charge is 0.444 e. The van der Waals surface area contributed by atoms with E-state index in [9.17, 15) is 4.79 Å². The summed E-state index contributed by atoms with van der Waals surface area (Å²) in [5.41, 5.74) is -0.304. The lowest BCUT2D eigenvalue weighted by Gasteiger charge is -2.55. The lowest BCUT2D eigenvalue weighted by molar-refractivity contribution is -0.0625. The van der Waals surface area contributed by atoms with Crippen LogP contribution in [0.25, 0.3) is 0 Å². The van der Waals surface area contributed by atoms with Gasteiger partial charge in [0.1, 0.15) is 5.60 Å². The maximum atomic E-state index is 12.3. The van der Waals surface area contributed by atoms with Crippen LogP contribution in [0.5, 0.6) is 0 Å². The lowest BCUT2D eigenvalue weighted by Crippen LogP contribution is -2.64. The molecule has 1 heterocycles. The third-order valence-corrected chi connectivity index (χ3v) is 4.47. The Labute approximate surface area is 123 Å². The van der Waals surface area contributed by atoms with Crippen LogP contribution < -0.4 is 5.32 Å². The number of carbonyl (C=O) groups is 1. The van der Waals surface area contributed by atoms with Crippen LogP contribution in [0.3, 0.4) is 0 Å². The number of carbonyl (C=O) groups excluding carboxylic acids is 1. The average molecular weight is 282 g/mol. The van der Waals surface area contributed by atoms with Crippen molar-refractivity contribution in [3.8, 4) is 0 Å². The zero-order valence-corrected chi connectivity index (χ0v) is 13.7. The number of ether oxygens (including phenoxy) is 1. The molecule has 0 unspecified atom stereocenters. The van der Waals surface area contributed by atoms with Gasteiger partial charge in [-0.05, 0) is 52.9 Å². The second-order valence-corrected chi connectivity index (χ2v) is 7.70. The molecule has 0 atom stereocenters. The van der Waals surface area contributed by atoms with Crippen molar-refractivity contribution < 1.29 is 9.53 Å². The molecule has 1 amide bonds. The van der Waals surface area contributed by atoms with Crippen molar-refractivity contribution in [3.63, 3.8) is 0 Å². The predicted octanol–water partition coefficient (Wildman–Crippen LogP) is 3.31. The van der Waals surface area contributed by atoms with E-state index in [2.05, 4.69) is 19.2 Å². The zero-order valence-electron chi connectivity index (χ0n) is 13.7. The van der Waals surface area contributed by atoms with Gasteiger partial charge in [0.25, 0.3) is 0 Å². The molecule has 1 saturated heterocycles. The van der Waals surface area contributed by atoms with Gasteiger partial charge >= 0.3 is 6.09 Å². The normalized spacial score (nSPS) is 30.5. The van der Waals surface area contributed by atoms with Gasteiger partial charge in [0, 0.05) is 24.2 Å². The minimum atomic E-state index is -0.399. The molecule has 0 aromatic heterocycles. The predicted molar refractivity (Wildman–Crippen MR) is 80.8 cm³/mol. The standard InChI is InChI=1S/C16H30N2O2/c1-12(2)17-13-6-8-16(9-7-13)10-11-18(16)14(19)20-15(3,4)5/h12-13,17H,6-11H2,1-5H3. The summed E-state index contributed by atoms with van der Waals surface area (Å²) in [5, 5.41) is 3.62. The molecule has 1 aliphatic carbocycles. The molecule has 1 N–H and O–H groups in total. The maximum Gasteiger partial charge on any atom is 0.410 e. The summed E-state index contributed by atoms with van der Waals surface area (Å²) in [6.45, 7) is 11.0. The fraction of sp³-hybridized carbons (Fsp3) is 0.938. The topological polar surface area (TPSA) is 41.6 Å². The molecule has 0 bridgehead atoms.